The molecule has 0 spiro atoms. The summed E-state index contributed by atoms with van der Waals surface area (Å²) in [7, 11) is 0. The van der Waals surface area contributed by atoms with E-state index in [0.717, 1.165) is 6.42 Å². The van der Waals surface area contributed by atoms with Gasteiger partial charge >= 0.3 is 5.97 Å². The minimum Gasteiger partial charge on any atom is -0.464 e. The molecule has 0 fully saturated rings. The van der Waals surface area contributed by atoms with Crippen LogP contribution in [0.4, 0.5) is 0 Å². The minimum atomic E-state index is -0.692. The first-order valence-corrected chi connectivity index (χ1v) is 4.40. The summed E-state index contributed by atoms with van der Waals surface area (Å²) in [5, 5.41) is 0. The van der Waals surface area contributed by atoms with Crippen LogP contribution in [-0.2, 0) is 14.3 Å². The van der Waals surface area contributed by atoms with E-state index >= 15 is 0 Å². The molecule has 74 valence electrons. The van der Waals surface area contributed by atoms with Gasteiger partial charge in [0.05, 0.1) is 6.61 Å². The van der Waals surface area contributed by atoms with Crippen molar-refractivity contribution < 1.29 is 14.3 Å². The molecule has 1 unspecified atom stereocenters. The highest BCUT2D eigenvalue weighted by molar-refractivity contribution is 5.77. The molecule has 0 aliphatic rings. The van der Waals surface area contributed by atoms with Gasteiger partial charge in [-0.15, -0.1) is 0 Å². The van der Waals surface area contributed by atoms with Gasteiger partial charge in [0.1, 0.15) is 0 Å². The van der Waals surface area contributed by atoms with Crippen LogP contribution >= 0.6 is 0 Å². The number of rotatable bonds is 5. The van der Waals surface area contributed by atoms with Crippen molar-refractivity contribution in [2.75, 3.05) is 6.61 Å². The van der Waals surface area contributed by atoms with E-state index in [-0.39, 0.29) is 5.92 Å². The molecule has 0 saturated heterocycles. The smallest absolute Gasteiger partial charge is 0.332 e. The van der Waals surface area contributed by atoms with Gasteiger partial charge in [-0.05, 0) is 12.8 Å². The average Bonchev–Trinajstić information content (AvgIpc) is 2.13. The van der Waals surface area contributed by atoms with E-state index in [0.29, 0.717) is 6.61 Å². The van der Waals surface area contributed by atoms with Crippen LogP contribution in [0.2, 0.25) is 0 Å². The van der Waals surface area contributed by atoms with E-state index in [9.17, 15) is 9.59 Å². The summed E-state index contributed by atoms with van der Waals surface area (Å²) in [4.78, 5) is 24.7. The molecule has 4 heteroatoms. The number of nitrogens with zero attached hydrogens (tertiary/aromatic N) is 1. The van der Waals surface area contributed by atoms with Crippen LogP contribution in [-0.4, -0.2) is 24.7 Å². The Morgan fingerprint density at radius 1 is 1.54 bits per heavy atom. The molecule has 0 aromatic rings. The Hall–Kier alpha value is -1.15. The molecule has 0 amide bonds. The van der Waals surface area contributed by atoms with E-state index < -0.39 is 12.0 Å². The predicted molar refractivity (Wildman–Crippen MR) is 48.0 cm³/mol. The van der Waals surface area contributed by atoms with Gasteiger partial charge in [0.2, 0.25) is 6.08 Å². The number of carbonyl (C=O) groups excluding carboxylic acids is 2. The van der Waals surface area contributed by atoms with Gasteiger partial charge in [-0.25, -0.2) is 9.59 Å². The highest BCUT2D eigenvalue weighted by atomic mass is 16.5. The number of isocyanates is 1. The SMILES string of the molecule is CCOC(=O)[C@@H](N=C=O)C(C)CC. The topological polar surface area (TPSA) is 55.7 Å². The van der Waals surface area contributed by atoms with E-state index in [1.165, 1.54) is 6.08 Å². The minimum absolute atomic E-state index is 0.0144. The third-order valence-electron chi connectivity index (χ3n) is 1.90. The maximum atomic E-state index is 11.2. The van der Waals surface area contributed by atoms with Crippen molar-refractivity contribution in [1.29, 1.82) is 0 Å². The number of carbonyl (C=O) groups is 1. The Morgan fingerprint density at radius 3 is 2.54 bits per heavy atom. The lowest BCUT2D eigenvalue weighted by molar-refractivity contribution is -0.145. The van der Waals surface area contributed by atoms with Crippen molar-refractivity contribution in [1.82, 2.24) is 0 Å². The highest BCUT2D eigenvalue weighted by Gasteiger charge is 2.24. The highest BCUT2D eigenvalue weighted by Crippen LogP contribution is 2.12. The van der Waals surface area contributed by atoms with Crippen molar-refractivity contribution in [2.24, 2.45) is 10.9 Å². The molecule has 2 atom stereocenters. The molecule has 0 heterocycles. The normalized spacial score (nSPS) is 14.1. The Labute approximate surface area is 78.0 Å². The zero-order valence-corrected chi connectivity index (χ0v) is 8.24. The molecule has 13 heavy (non-hydrogen) atoms. The van der Waals surface area contributed by atoms with E-state index in [4.69, 9.17) is 4.74 Å². The van der Waals surface area contributed by atoms with E-state index in [1.54, 1.807) is 6.92 Å². The summed E-state index contributed by atoms with van der Waals surface area (Å²) in [6.45, 7) is 5.80. The first kappa shape index (κ1) is 11.8. The van der Waals surface area contributed by atoms with Gasteiger partial charge in [0.15, 0.2) is 6.04 Å². The first-order chi connectivity index (χ1) is 6.17. The molecule has 0 aliphatic heterocycles. The number of esters is 1. The summed E-state index contributed by atoms with van der Waals surface area (Å²) < 4.78 is 4.77. The van der Waals surface area contributed by atoms with Crippen molar-refractivity contribution >= 4 is 12.0 Å². The monoisotopic (exact) mass is 185 g/mol. The largest absolute Gasteiger partial charge is 0.464 e. The molecule has 0 saturated carbocycles. The van der Waals surface area contributed by atoms with Crippen LogP contribution in [0.1, 0.15) is 27.2 Å². The number of ether oxygens (including phenoxy) is 1. The van der Waals surface area contributed by atoms with Crippen molar-refractivity contribution in [3.05, 3.63) is 0 Å². The third kappa shape index (κ3) is 3.85. The third-order valence-corrected chi connectivity index (χ3v) is 1.90. The van der Waals surface area contributed by atoms with Crippen molar-refractivity contribution in [3.8, 4) is 0 Å². The van der Waals surface area contributed by atoms with Crippen molar-refractivity contribution in [3.63, 3.8) is 0 Å². The first-order valence-electron chi connectivity index (χ1n) is 4.40. The predicted octanol–water partition coefficient (Wildman–Crippen LogP) is 1.30. The second-order valence-electron chi connectivity index (χ2n) is 2.80. The van der Waals surface area contributed by atoms with Crippen LogP contribution in [0, 0.1) is 5.92 Å². The Kier molecular flexibility index (Phi) is 5.81. The van der Waals surface area contributed by atoms with Gasteiger partial charge in [-0.2, -0.15) is 4.99 Å². The van der Waals surface area contributed by atoms with Crippen LogP contribution in [0.3, 0.4) is 0 Å². The second kappa shape index (κ2) is 6.38. The molecule has 0 aromatic carbocycles. The van der Waals surface area contributed by atoms with Crippen LogP contribution in [0.25, 0.3) is 0 Å². The summed E-state index contributed by atoms with van der Waals surface area (Å²) >= 11 is 0. The lowest BCUT2D eigenvalue weighted by atomic mass is 10.0. The fraction of sp³-hybridized carbons (Fsp3) is 0.778. The molecule has 0 N–H and O–H groups in total. The zero-order valence-electron chi connectivity index (χ0n) is 8.24. The maximum absolute atomic E-state index is 11.2. The molecule has 0 bridgehead atoms. The molecule has 0 aliphatic carbocycles. The summed E-state index contributed by atoms with van der Waals surface area (Å²) in [5.41, 5.74) is 0. The summed E-state index contributed by atoms with van der Waals surface area (Å²) in [6, 6.07) is -0.692. The fourth-order valence-electron chi connectivity index (χ4n) is 0.920. The molecular formula is C9H15NO3. The lowest BCUT2D eigenvalue weighted by Gasteiger charge is -2.14. The quantitative estimate of drug-likeness (QED) is 0.368. The van der Waals surface area contributed by atoms with Gasteiger partial charge in [-0.1, -0.05) is 20.3 Å². The molecule has 0 rings (SSSR count). The Bertz CT molecular complexity index is 209. The van der Waals surface area contributed by atoms with Gasteiger partial charge in [0, 0.05) is 0 Å². The van der Waals surface area contributed by atoms with Crippen LogP contribution < -0.4 is 0 Å². The molecular weight excluding hydrogens is 170 g/mol. The van der Waals surface area contributed by atoms with Gasteiger partial charge in [-0.3, -0.25) is 0 Å². The second-order valence-corrected chi connectivity index (χ2v) is 2.80. The maximum Gasteiger partial charge on any atom is 0.332 e. The summed E-state index contributed by atoms with van der Waals surface area (Å²) in [5.74, 6) is -0.430. The van der Waals surface area contributed by atoms with Gasteiger partial charge < -0.3 is 4.74 Å². The van der Waals surface area contributed by atoms with E-state index in [1.807, 2.05) is 13.8 Å². The lowest BCUT2D eigenvalue weighted by Crippen LogP contribution is -2.27. The summed E-state index contributed by atoms with van der Waals surface area (Å²) in [6.07, 6.45) is 2.17. The van der Waals surface area contributed by atoms with Gasteiger partial charge in [0.25, 0.3) is 0 Å². The zero-order chi connectivity index (χ0) is 10.3. The van der Waals surface area contributed by atoms with E-state index in [2.05, 4.69) is 4.99 Å². The number of hydrogen-bond donors (Lipinski definition) is 0. The van der Waals surface area contributed by atoms with Crippen LogP contribution in [0.15, 0.2) is 4.99 Å². The van der Waals surface area contributed by atoms with Crippen LogP contribution in [0.5, 0.6) is 0 Å². The molecule has 0 aromatic heterocycles. The average molecular weight is 185 g/mol. The number of aliphatic imine (C=N–C) groups is 1. The fourth-order valence-corrected chi connectivity index (χ4v) is 0.920. The molecule has 4 nitrogen and oxygen atoms in total. The standard InChI is InChI=1S/C9H15NO3/c1-4-7(3)8(10-6-11)9(12)13-5-2/h7-8H,4-5H2,1-3H3/t7?,8-/m0/s1. The number of hydrogen-bond acceptors (Lipinski definition) is 4. The Morgan fingerprint density at radius 2 is 2.15 bits per heavy atom. The van der Waals surface area contributed by atoms with Crippen molar-refractivity contribution in [2.45, 2.75) is 33.2 Å². The Balaban J connectivity index is 4.40. The molecule has 0 radical (unpaired) electrons.